The van der Waals surface area contributed by atoms with Gasteiger partial charge in [0.2, 0.25) is 0 Å². The third-order valence-corrected chi connectivity index (χ3v) is 6.03. The van der Waals surface area contributed by atoms with Gasteiger partial charge in [-0.3, -0.25) is 0 Å². The largest absolute Gasteiger partial charge is 0.378 e. The highest BCUT2D eigenvalue weighted by Crippen LogP contribution is 2.22. The van der Waals surface area contributed by atoms with Gasteiger partial charge in [0.1, 0.15) is 5.69 Å². The van der Waals surface area contributed by atoms with E-state index in [0.717, 1.165) is 40.8 Å². The third-order valence-electron chi connectivity index (χ3n) is 4.93. The number of amides is 2. The van der Waals surface area contributed by atoms with Crippen LogP contribution in [-0.4, -0.2) is 60.7 Å². The number of halogens is 1. The Balaban J connectivity index is 1.64. The van der Waals surface area contributed by atoms with E-state index in [9.17, 15) is 4.79 Å². The van der Waals surface area contributed by atoms with Crippen molar-refractivity contribution in [3.05, 3.63) is 51.6 Å². The van der Waals surface area contributed by atoms with Crippen molar-refractivity contribution in [3.8, 4) is 11.4 Å². The summed E-state index contributed by atoms with van der Waals surface area (Å²) in [5.74, 6) is 0.837. The molecule has 1 aromatic carbocycles. The molecule has 1 aliphatic heterocycles. The van der Waals surface area contributed by atoms with E-state index in [1.54, 1.807) is 7.05 Å². The van der Waals surface area contributed by atoms with Crippen LogP contribution >= 0.6 is 22.9 Å². The molecule has 0 unspecified atom stereocenters. The van der Waals surface area contributed by atoms with Gasteiger partial charge >= 0.3 is 6.03 Å². The zero-order valence-electron chi connectivity index (χ0n) is 17.6. The lowest BCUT2D eigenvalue weighted by Crippen LogP contribution is -2.36. The monoisotopic (exact) mass is 473 g/mol. The fraction of sp³-hybridized carbons (Fsp3) is 0.333. The first-order valence-electron chi connectivity index (χ1n) is 10.2. The normalized spacial score (nSPS) is 14.4. The van der Waals surface area contributed by atoms with Crippen LogP contribution in [0.1, 0.15) is 0 Å². The fourth-order valence-corrected chi connectivity index (χ4v) is 4.41. The quantitative estimate of drug-likeness (QED) is 0.573. The van der Waals surface area contributed by atoms with Gasteiger partial charge in [0, 0.05) is 43.6 Å². The maximum atomic E-state index is 11.6. The molecule has 3 heterocycles. The summed E-state index contributed by atoms with van der Waals surface area (Å²) in [5.41, 5.74) is 2.38. The van der Waals surface area contributed by atoms with Crippen LogP contribution in [0, 0.1) is 0 Å². The second-order valence-corrected chi connectivity index (χ2v) is 8.30. The number of hydrogen-bond acceptors (Lipinski definition) is 7. The molecule has 2 amide bonds. The van der Waals surface area contributed by atoms with Crippen LogP contribution in [-0.2, 0) is 11.3 Å². The number of aromatic nitrogens is 3. The molecule has 9 nitrogen and oxygen atoms in total. The number of anilines is 1. The molecule has 1 fully saturated rings. The Morgan fingerprint density at radius 2 is 2.09 bits per heavy atom. The van der Waals surface area contributed by atoms with Crippen molar-refractivity contribution in [2.24, 2.45) is 4.99 Å². The van der Waals surface area contributed by atoms with E-state index in [2.05, 4.69) is 25.7 Å². The molecular formula is C21H24ClN7O2S. The molecule has 2 aromatic heterocycles. The minimum atomic E-state index is -0.231. The van der Waals surface area contributed by atoms with Gasteiger partial charge in [-0.15, -0.1) is 21.5 Å². The SMILES string of the molecule is CNC(=O)NCCn1c(-c2ccc(N3CCOCC3)nn2)csc1=Nc1cccc(Cl)c1. The molecule has 2 N–H and O–H groups in total. The Kier molecular flexibility index (Phi) is 7.35. The number of carbonyl (C=O) groups is 1. The van der Waals surface area contributed by atoms with E-state index in [4.69, 9.17) is 21.3 Å². The summed E-state index contributed by atoms with van der Waals surface area (Å²) in [7, 11) is 1.59. The van der Waals surface area contributed by atoms with Crippen LogP contribution in [0.3, 0.4) is 0 Å². The highest BCUT2D eigenvalue weighted by molar-refractivity contribution is 7.07. The predicted molar refractivity (Wildman–Crippen MR) is 126 cm³/mol. The minimum absolute atomic E-state index is 0.231. The number of carbonyl (C=O) groups excluding carboxylic acids is 1. The maximum Gasteiger partial charge on any atom is 0.314 e. The molecule has 0 bridgehead atoms. The Morgan fingerprint density at radius 3 is 2.81 bits per heavy atom. The summed E-state index contributed by atoms with van der Waals surface area (Å²) < 4.78 is 7.43. The standard InChI is InChI=1S/C21H24ClN7O2S/c1-23-20(30)24-7-8-29-18(14-32-21(29)25-16-4-2-3-15(22)13-16)17-5-6-19(27-26-17)28-9-11-31-12-10-28/h2-6,13-14H,7-12H2,1H3,(H2,23,24,30). The lowest BCUT2D eigenvalue weighted by Gasteiger charge is -2.27. The fourth-order valence-electron chi connectivity index (χ4n) is 3.29. The molecule has 32 heavy (non-hydrogen) atoms. The maximum absolute atomic E-state index is 11.6. The van der Waals surface area contributed by atoms with Crippen LogP contribution in [0.5, 0.6) is 0 Å². The molecule has 1 saturated heterocycles. The lowest BCUT2D eigenvalue weighted by atomic mass is 10.3. The summed E-state index contributed by atoms with van der Waals surface area (Å²) >= 11 is 7.62. The van der Waals surface area contributed by atoms with E-state index >= 15 is 0 Å². The molecule has 168 valence electrons. The van der Waals surface area contributed by atoms with Crippen molar-refractivity contribution in [2.75, 3.05) is 44.8 Å². The first-order chi connectivity index (χ1) is 15.6. The second-order valence-electron chi connectivity index (χ2n) is 7.03. The molecule has 11 heteroatoms. The molecule has 4 rings (SSSR count). The van der Waals surface area contributed by atoms with Crippen molar-refractivity contribution in [2.45, 2.75) is 6.54 Å². The van der Waals surface area contributed by atoms with Gasteiger partial charge in [0.05, 0.1) is 24.6 Å². The highest BCUT2D eigenvalue weighted by Gasteiger charge is 2.15. The van der Waals surface area contributed by atoms with Gasteiger partial charge < -0.3 is 24.8 Å². The predicted octanol–water partition coefficient (Wildman–Crippen LogP) is 2.66. The first kappa shape index (κ1) is 22.3. The van der Waals surface area contributed by atoms with E-state index in [1.165, 1.54) is 11.3 Å². The van der Waals surface area contributed by atoms with E-state index in [-0.39, 0.29) is 6.03 Å². The number of ether oxygens (including phenoxy) is 1. The van der Waals surface area contributed by atoms with Gasteiger partial charge in [-0.2, -0.15) is 0 Å². The molecular weight excluding hydrogens is 450 g/mol. The van der Waals surface area contributed by atoms with Gasteiger partial charge in [-0.1, -0.05) is 17.7 Å². The number of morpholine rings is 1. The number of urea groups is 1. The van der Waals surface area contributed by atoms with Gasteiger partial charge in [-0.05, 0) is 30.3 Å². The Morgan fingerprint density at radius 1 is 1.25 bits per heavy atom. The number of nitrogens with one attached hydrogen (secondary N) is 2. The van der Waals surface area contributed by atoms with Gasteiger partial charge in [0.25, 0.3) is 0 Å². The van der Waals surface area contributed by atoms with Crippen LogP contribution in [0.25, 0.3) is 11.4 Å². The summed E-state index contributed by atoms with van der Waals surface area (Å²) in [5, 5.41) is 16.9. The summed E-state index contributed by atoms with van der Waals surface area (Å²) in [6, 6.07) is 11.1. The Hall–Kier alpha value is -2.95. The zero-order chi connectivity index (χ0) is 22.3. The van der Waals surface area contributed by atoms with E-state index in [1.807, 2.05) is 46.3 Å². The average molecular weight is 474 g/mol. The number of hydrogen-bond donors (Lipinski definition) is 2. The van der Waals surface area contributed by atoms with Crippen molar-refractivity contribution < 1.29 is 9.53 Å². The van der Waals surface area contributed by atoms with Crippen LogP contribution in [0.4, 0.5) is 16.3 Å². The van der Waals surface area contributed by atoms with Crippen LogP contribution in [0.15, 0.2) is 46.8 Å². The number of benzene rings is 1. The first-order valence-corrected chi connectivity index (χ1v) is 11.5. The third kappa shape index (κ3) is 5.45. The lowest BCUT2D eigenvalue weighted by molar-refractivity contribution is 0.122. The molecule has 0 spiro atoms. The van der Waals surface area contributed by atoms with E-state index < -0.39 is 0 Å². The number of rotatable bonds is 6. The van der Waals surface area contributed by atoms with Crippen LogP contribution < -0.4 is 20.3 Å². The molecule has 1 aliphatic rings. The molecule has 3 aromatic rings. The van der Waals surface area contributed by atoms with Gasteiger partial charge in [0.15, 0.2) is 10.6 Å². The zero-order valence-corrected chi connectivity index (χ0v) is 19.2. The molecule has 0 atom stereocenters. The van der Waals surface area contributed by atoms with Crippen molar-refractivity contribution in [1.29, 1.82) is 0 Å². The van der Waals surface area contributed by atoms with Gasteiger partial charge in [-0.25, -0.2) is 9.79 Å². The topological polar surface area (TPSA) is 96.7 Å². The summed E-state index contributed by atoms with van der Waals surface area (Å²) in [6.07, 6.45) is 0. The average Bonchev–Trinajstić information content (AvgIpc) is 3.22. The molecule has 0 saturated carbocycles. The smallest absolute Gasteiger partial charge is 0.314 e. The Bertz CT molecular complexity index is 1120. The Labute approximate surface area is 194 Å². The van der Waals surface area contributed by atoms with Crippen LogP contribution in [0.2, 0.25) is 5.02 Å². The van der Waals surface area contributed by atoms with E-state index in [0.29, 0.717) is 31.3 Å². The van der Waals surface area contributed by atoms with Crippen molar-refractivity contribution in [3.63, 3.8) is 0 Å². The van der Waals surface area contributed by atoms with Crippen molar-refractivity contribution >= 4 is 40.5 Å². The number of nitrogens with zero attached hydrogens (tertiary/aromatic N) is 5. The summed E-state index contributed by atoms with van der Waals surface area (Å²) in [4.78, 5) is 19.3. The minimum Gasteiger partial charge on any atom is -0.378 e. The number of thiazole rings is 1. The molecule has 0 radical (unpaired) electrons. The van der Waals surface area contributed by atoms with Crippen molar-refractivity contribution in [1.82, 2.24) is 25.4 Å². The second kappa shape index (κ2) is 10.6. The highest BCUT2D eigenvalue weighted by atomic mass is 35.5. The summed E-state index contributed by atoms with van der Waals surface area (Å²) in [6.45, 7) is 3.96. The molecule has 0 aliphatic carbocycles.